The molecule has 0 aliphatic carbocycles. The highest BCUT2D eigenvalue weighted by molar-refractivity contribution is 6.02. The smallest absolute Gasteiger partial charge is 0.271 e. The second-order valence-corrected chi connectivity index (χ2v) is 5.94. The Labute approximate surface area is 149 Å². The molecule has 2 amide bonds. The Morgan fingerprint density at radius 3 is 2.65 bits per heavy atom. The summed E-state index contributed by atoms with van der Waals surface area (Å²) in [6, 6.07) is 1.81. The maximum Gasteiger partial charge on any atom is 0.271 e. The van der Waals surface area contributed by atoms with Crippen LogP contribution in [0.3, 0.4) is 0 Å². The van der Waals surface area contributed by atoms with Crippen LogP contribution in [0.4, 0.5) is 5.69 Å². The Kier molecular flexibility index (Phi) is 4.83. The third-order valence-corrected chi connectivity index (χ3v) is 3.72. The zero-order chi connectivity index (χ0) is 18.7. The molecule has 26 heavy (non-hydrogen) atoms. The van der Waals surface area contributed by atoms with Gasteiger partial charge in [0.05, 0.1) is 23.8 Å². The molecule has 0 saturated heterocycles. The van der Waals surface area contributed by atoms with Gasteiger partial charge in [0.1, 0.15) is 12.2 Å². The maximum atomic E-state index is 12.5. The second-order valence-electron chi connectivity index (χ2n) is 5.94. The quantitative estimate of drug-likeness (QED) is 0.656. The average Bonchev–Trinajstić information content (AvgIpc) is 3.27. The Morgan fingerprint density at radius 2 is 2.00 bits per heavy atom. The van der Waals surface area contributed by atoms with Crippen LogP contribution in [-0.2, 0) is 32.0 Å². The van der Waals surface area contributed by atoms with E-state index in [0.717, 1.165) is 11.3 Å². The Hall–Kier alpha value is -3.43. The zero-order valence-electron chi connectivity index (χ0n) is 14.8. The first kappa shape index (κ1) is 17.4. The van der Waals surface area contributed by atoms with Gasteiger partial charge in [0.2, 0.25) is 5.91 Å². The minimum absolute atomic E-state index is 0.0550. The van der Waals surface area contributed by atoms with Crippen molar-refractivity contribution in [3.05, 3.63) is 47.8 Å². The Balaban J connectivity index is 1.65. The molecular formula is C16H20N8O2. The lowest BCUT2D eigenvalue weighted by Crippen LogP contribution is -2.27. The lowest BCUT2D eigenvalue weighted by molar-refractivity contribution is -0.116. The first-order valence-corrected chi connectivity index (χ1v) is 8.00. The molecule has 0 saturated carbocycles. The molecule has 0 radical (unpaired) electrons. The predicted molar refractivity (Wildman–Crippen MR) is 93.2 cm³/mol. The summed E-state index contributed by atoms with van der Waals surface area (Å²) in [6.45, 7) is 2.23. The minimum Gasteiger partial charge on any atom is -0.346 e. The molecule has 2 N–H and O–H groups in total. The third kappa shape index (κ3) is 3.97. The molecule has 0 aromatic carbocycles. The molecule has 0 aliphatic rings. The van der Waals surface area contributed by atoms with Crippen molar-refractivity contribution in [3.63, 3.8) is 0 Å². The number of hydrogen-bond acceptors (Lipinski definition) is 5. The fraction of sp³-hybridized carbons (Fsp3) is 0.312. The summed E-state index contributed by atoms with van der Waals surface area (Å²) in [6.07, 6.45) is 6.67. The summed E-state index contributed by atoms with van der Waals surface area (Å²) >= 11 is 0. The summed E-state index contributed by atoms with van der Waals surface area (Å²) in [4.78, 5) is 24.7. The van der Waals surface area contributed by atoms with Gasteiger partial charge in [0, 0.05) is 38.6 Å². The van der Waals surface area contributed by atoms with Crippen molar-refractivity contribution in [1.29, 1.82) is 0 Å². The molecule has 3 rings (SSSR count). The molecule has 0 spiro atoms. The number of amides is 2. The zero-order valence-corrected chi connectivity index (χ0v) is 14.8. The molecule has 10 heteroatoms. The predicted octanol–water partition coefficient (Wildman–Crippen LogP) is 0.227. The highest BCUT2D eigenvalue weighted by Crippen LogP contribution is 2.14. The van der Waals surface area contributed by atoms with E-state index in [1.165, 1.54) is 15.6 Å². The molecule has 0 atom stereocenters. The fourth-order valence-corrected chi connectivity index (χ4v) is 2.52. The summed E-state index contributed by atoms with van der Waals surface area (Å²) in [5.41, 5.74) is 2.33. The van der Waals surface area contributed by atoms with Crippen molar-refractivity contribution in [2.24, 2.45) is 14.1 Å². The first-order valence-electron chi connectivity index (χ1n) is 8.00. The van der Waals surface area contributed by atoms with Crippen LogP contribution in [-0.4, -0.2) is 41.2 Å². The molecule has 0 aliphatic heterocycles. The van der Waals surface area contributed by atoms with Gasteiger partial charge in [-0.2, -0.15) is 15.3 Å². The van der Waals surface area contributed by atoms with Gasteiger partial charge in [-0.1, -0.05) is 0 Å². The van der Waals surface area contributed by atoms with Gasteiger partial charge in [0.15, 0.2) is 0 Å². The standard InChI is InChI=1S/C16H20N8O2/c1-11-4-5-24(21-11)10-14(25)20-13-8-19-23(3)15(13)16(26)17-6-12-7-18-22(2)9-12/h4-5,7-9H,6,10H2,1-3H3,(H,17,26)(H,20,25). The second kappa shape index (κ2) is 7.21. The average molecular weight is 356 g/mol. The van der Waals surface area contributed by atoms with E-state index in [0.29, 0.717) is 12.2 Å². The van der Waals surface area contributed by atoms with Crippen molar-refractivity contribution < 1.29 is 9.59 Å². The fourth-order valence-electron chi connectivity index (χ4n) is 2.52. The Morgan fingerprint density at radius 1 is 1.19 bits per heavy atom. The van der Waals surface area contributed by atoms with E-state index in [9.17, 15) is 9.59 Å². The molecule has 136 valence electrons. The van der Waals surface area contributed by atoms with Crippen LogP contribution in [0.5, 0.6) is 0 Å². The van der Waals surface area contributed by atoms with E-state index < -0.39 is 0 Å². The number of hydrogen-bond donors (Lipinski definition) is 2. The lowest BCUT2D eigenvalue weighted by Gasteiger charge is -2.08. The van der Waals surface area contributed by atoms with Crippen LogP contribution < -0.4 is 10.6 Å². The minimum atomic E-state index is -0.334. The highest BCUT2D eigenvalue weighted by atomic mass is 16.2. The van der Waals surface area contributed by atoms with Gasteiger partial charge < -0.3 is 10.6 Å². The topological polar surface area (TPSA) is 112 Å². The van der Waals surface area contributed by atoms with E-state index >= 15 is 0 Å². The van der Waals surface area contributed by atoms with Gasteiger partial charge in [-0.15, -0.1) is 0 Å². The normalized spacial score (nSPS) is 10.7. The van der Waals surface area contributed by atoms with Crippen LogP contribution in [0.2, 0.25) is 0 Å². The van der Waals surface area contributed by atoms with E-state index in [4.69, 9.17) is 0 Å². The Bertz CT molecular complexity index is 936. The molecule has 3 aromatic heterocycles. The molecule has 0 fully saturated rings. The molecule has 10 nitrogen and oxygen atoms in total. The van der Waals surface area contributed by atoms with Gasteiger partial charge in [-0.05, 0) is 13.0 Å². The van der Waals surface area contributed by atoms with Crippen LogP contribution in [0, 0.1) is 6.92 Å². The largest absolute Gasteiger partial charge is 0.346 e. The number of anilines is 1. The number of aryl methyl sites for hydroxylation is 3. The van der Waals surface area contributed by atoms with Gasteiger partial charge in [0.25, 0.3) is 5.91 Å². The molecule has 0 unspecified atom stereocenters. The lowest BCUT2D eigenvalue weighted by atomic mass is 10.3. The summed E-state index contributed by atoms with van der Waals surface area (Å²) < 4.78 is 4.61. The SMILES string of the molecule is Cc1ccn(CC(=O)Nc2cnn(C)c2C(=O)NCc2cnn(C)c2)n1. The van der Waals surface area contributed by atoms with Gasteiger partial charge in [-0.25, -0.2) is 0 Å². The number of carbonyl (C=O) groups excluding carboxylic acids is 2. The number of nitrogens with one attached hydrogen (secondary N) is 2. The number of aromatic nitrogens is 6. The molecule has 0 bridgehead atoms. The first-order chi connectivity index (χ1) is 12.4. The summed E-state index contributed by atoms with van der Waals surface area (Å²) in [5, 5.41) is 17.8. The summed E-state index contributed by atoms with van der Waals surface area (Å²) in [7, 11) is 3.45. The third-order valence-electron chi connectivity index (χ3n) is 3.72. The van der Waals surface area contributed by atoms with Crippen molar-refractivity contribution in [1.82, 2.24) is 34.7 Å². The van der Waals surface area contributed by atoms with Crippen molar-refractivity contribution in [3.8, 4) is 0 Å². The molecular weight excluding hydrogens is 336 g/mol. The van der Waals surface area contributed by atoms with Crippen molar-refractivity contribution in [2.45, 2.75) is 20.0 Å². The van der Waals surface area contributed by atoms with Crippen molar-refractivity contribution >= 4 is 17.5 Å². The van der Waals surface area contributed by atoms with Crippen LogP contribution in [0.1, 0.15) is 21.7 Å². The van der Waals surface area contributed by atoms with Gasteiger partial charge >= 0.3 is 0 Å². The van der Waals surface area contributed by atoms with E-state index in [-0.39, 0.29) is 24.1 Å². The number of rotatable bonds is 6. The maximum absolute atomic E-state index is 12.5. The summed E-state index contributed by atoms with van der Waals surface area (Å²) in [5.74, 6) is -0.624. The monoisotopic (exact) mass is 356 g/mol. The van der Waals surface area contributed by atoms with E-state index in [1.54, 1.807) is 31.2 Å². The van der Waals surface area contributed by atoms with E-state index in [1.807, 2.05) is 19.2 Å². The van der Waals surface area contributed by atoms with Crippen LogP contribution in [0.25, 0.3) is 0 Å². The molecule has 3 aromatic rings. The van der Waals surface area contributed by atoms with Crippen molar-refractivity contribution in [2.75, 3.05) is 5.32 Å². The molecule has 3 heterocycles. The van der Waals surface area contributed by atoms with Crippen LogP contribution >= 0.6 is 0 Å². The van der Waals surface area contributed by atoms with Crippen LogP contribution in [0.15, 0.2) is 30.9 Å². The highest BCUT2D eigenvalue weighted by Gasteiger charge is 2.19. The van der Waals surface area contributed by atoms with Gasteiger partial charge in [-0.3, -0.25) is 23.6 Å². The van der Waals surface area contributed by atoms with E-state index in [2.05, 4.69) is 25.9 Å². The number of nitrogens with zero attached hydrogens (tertiary/aromatic N) is 6. The number of carbonyl (C=O) groups is 2.